The Balaban J connectivity index is 2.35. The minimum Gasteiger partial charge on any atom is -0.397 e. The number of carbonyl (C=O) groups is 1. The third-order valence-corrected chi connectivity index (χ3v) is 4.38. The first-order chi connectivity index (χ1) is 9.38. The second-order valence-corrected chi connectivity index (χ2v) is 6.78. The third kappa shape index (κ3) is 3.45. The minimum atomic E-state index is -0.228. The third-order valence-electron chi connectivity index (χ3n) is 2.74. The van der Waals surface area contributed by atoms with E-state index in [4.69, 9.17) is 17.3 Å². The van der Waals surface area contributed by atoms with E-state index in [1.807, 2.05) is 13.0 Å². The second kappa shape index (κ2) is 6.32. The van der Waals surface area contributed by atoms with Gasteiger partial charge in [0.2, 0.25) is 0 Å². The number of nitrogens with two attached hydrogens (primary N) is 1. The van der Waals surface area contributed by atoms with Gasteiger partial charge < -0.3 is 11.1 Å². The quantitative estimate of drug-likeness (QED) is 0.492. The Labute approximate surface area is 144 Å². The number of hydrogen-bond acceptors (Lipinski definition) is 2. The number of nitrogens with one attached hydrogen (secondary N) is 1. The zero-order valence-electron chi connectivity index (χ0n) is 10.5. The van der Waals surface area contributed by atoms with Crippen molar-refractivity contribution in [1.29, 1.82) is 0 Å². The van der Waals surface area contributed by atoms with Crippen LogP contribution in [0.25, 0.3) is 0 Å². The molecule has 0 aliphatic carbocycles. The standard InChI is InChI=1S/C14H11BrClIN2O/c1-7-4-8(15)5-12(18)13(7)19-14(20)10-6-9(16)2-3-11(10)17/h2-6H,18H2,1H3,(H,19,20). The molecule has 3 N–H and O–H groups in total. The van der Waals surface area contributed by atoms with Crippen LogP contribution in [0.3, 0.4) is 0 Å². The average Bonchev–Trinajstić information content (AvgIpc) is 2.36. The van der Waals surface area contributed by atoms with E-state index in [0.717, 1.165) is 13.6 Å². The van der Waals surface area contributed by atoms with Gasteiger partial charge in [-0.3, -0.25) is 4.79 Å². The molecule has 0 aliphatic heterocycles. The van der Waals surface area contributed by atoms with Crippen LogP contribution in [0.15, 0.2) is 34.8 Å². The van der Waals surface area contributed by atoms with Crippen LogP contribution in [0.2, 0.25) is 5.02 Å². The van der Waals surface area contributed by atoms with Gasteiger partial charge in [0.05, 0.1) is 16.9 Å². The van der Waals surface area contributed by atoms with E-state index in [-0.39, 0.29) is 5.91 Å². The molecule has 20 heavy (non-hydrogen) atoms. The van der Waals surface area contributed by atoms with Gasteiger partial charge in [0.15, 0.2) is 0 Å². The summed E-state index contributed by atoms with van der Waals surface area (Å²) in [5, 5.41) is 3.37. The molecule has 0 unspecified atom stereocenters. The maximum absolute atomic E-state index is 12.3. The van der Waals surface area contributed by atoms with E-state index in [2.05, 4.69) is 43.8 Å². The monoisotopic (exact) mass is 464 g/mol. The summed E-state index contributed by atoms with van der Waals surface area (Å²) in [6.07, 6.45) is 0. The number of halogens is 3. The van der Waals surface area contributed by atoms with Gasteiger partial charge >= 0.3 is 0 Å². The molecule has 0 aromatic heterocycles. The maximum atomic E-state index is 12.3. The largest absolute Gasteiger partial charge is 0.397 e. The Bertz CT molecular complexity index is 668. The number of anilines is 2. The van der Waals surface area contributed by atoms with Gasteiger partial charge in [0, 0.05) is 13.1 Å². The molecule has 0 bridgehead atoms. The highest BCUT2D eigenvalue weighted by molar-refractivity contribution is 14.1. The fourth-order valence-corrected chi connectivity index (χ4v) is 3.13. The molecule has 0 atom stereocenters. The molecule has 0 aliphatic rings. The SMILES string of the molecule is Cc1cc(Br)cc(N)c1NC(=O)c1cc(Cl)ccc1I. The van der Waals surface area contributed by atoms with Gasteiger partial charge in [0.25, 0.3) is 5.91 Å². The van der Waals surface area contributed by atoms with Crippen molar-refractivity contribution in [3.05, 3.63) is 54.5 Å². The van der Waals surface area contributed by atoms with Gasteiger partial charge in [-0.05, 0) is 65.4 Å². The van der Waals surface area contributed by atoms with Crippen LogP contribution in [0, 0.1) is 10.5 Å². The number of hydrogen-bond donors (Lipinski definition) is 2. The lowest BCUT2D eigenvalue weighted by molar-refractivity contribution is 0.102. The van der Waals surface area contributed by atoms with Crippen LogP contribution in [-0.2, 0) is 0 Å². The van der Waals surface area contributed by atoms with E-state index < -0.39 is 0 Å². The van der Waals surface area contributed by atoms with E-state index in [0.29, 0.717) is 22.0 Å². The number of rotatable bonds is 2. The molecule has 0 saturated heterocycles. The van der Waals surface area contributed by atoms with E-state index in [9.17, 15) is 4.79 Å². The van der Waals surface area contributed by atoms with Crippen molar-refractivity contribution in [3.63, 3.8) is 0 Å². The van der Waals surface area contributed by atoms with Gasteiger partial charge in [-0.2, -0.15) is 0 Å². The summed E-state index contributed by atoms with van der Waals surface area (Å²) < 4.78 is 1.71. The molecular weight excluding hydrogens is 454 g/mol. The molecular formula is C14H11BrClIN2O. The molecule has 6 heteroatoms. The van der Waals surface area contributed by atoms with Crippen molar-refractivity contribution in [3.8, 4) is 0 Å². The number of aryl methyl sites for hydroxylation is 1. The van der Waals surface area contributed by atoms with Crippen molar-refractivity contribution in [1.82, 2.24) is 0 Å². The lowest BCUT2D eigenvalue weighted by atomic mass is 10.1. The molecule has 104 valence electrons. The Morgan fingerprint density at radius 2 is 2.05 bits per heavy atom. The molecule has 1 amide bonds. The Morgan fingerprint density at radius 3 is 2.70 bits per heavy atom. The van der Waals surface area contributed by atoms with E-state index >= 15 is 0 Å². The average molecular weight is 466 g/mol. The summed E-state index contributed by atoms with van der Waals surface area (Å²) >= 11 is 11.4. The summed E-state index contributed by atoms with van der Waals surface area (Å²) in [6.45, 7) is 1.89. The van der Waals surface area contributed by atoms with Crippen molar-refractivity contribution < 1.29 is 4.79 Å². The lowest BCUT2D eigenvalue weighted by Crippen LogP contribution is -2.15. The summed E-state index contributed by atoms with van der Waals surface area (Å²) in [5.41, 5.74) is 8.50. The highest BCUT2D eigenvalue weighted by Crippen LogP contribution is 2.29. The lowest BCUT2D eigenvalue weighted by Gasteiger charge is -2.13. The van der Waals surface area contributed by atoms with Crippen molar-refractivity contribution in [2.45, 2.75) is 6.92 Å². The van der Waals surface area contributed by atoms with E-state index in [1.165, 1.54) is 0 Å². The Morgan fingerprint density at radius 1 is 1.35 bits per heavy atom. The van der Waals surface area contributed by atoms with Crippen LogP contribution in [0.5, 0.6) is 0 Å². The number of benzene rings is 2. The predicted octanol–water partition coefficient (Wildman–Crippen LogP) is 4.85. The van der Waals surface area contributed by atoms with Gasteiger partial charge in [0.1, 0.15) is 0 Å². The molecule has 0 spiro atoms. The molecule has 0 fully saturated rings. The van der Waals surface area contributed by atoms with Crippen LogP contribution in [0.1, 0.15) is 15.9 Å². The van der Waals surface area contributed by atoms with Crippen molar-refractivity contribution >= 4 is 67.4 Å². The van der Waals surface area contributed by atoms with Gasteiger partial charge in [-0.15, -0.1) is 0 Å². The second-order valence-electron chi connectivity index (χ2n) is 4.27. The van der Waals surface area contributed by atoms with Crippen LogP contribution in [-0.4, -0.2) is 5.91 Å². The topological polar surface area (TPSA) is 55.1 Å². The molecule has 2 aromatic rings. The summed E-state index contributed by atoms with van der Waals surface area (Å²) in [5.74, 6) is -0.228. The molecule has 2 rings (SSSR count). The van der Waals surface area contributed by atoms with Crippen LogP contribution < -0.4 is 11.1 Å². The molecule has 2 aromatic carbocycles. The Kier molecular flexibility index (Phi) is 4.93. The van der Waals surface area contributed by atoms with Crippen LogP contribution in [0.4, 0.5) is 11.4 Å². The van der Waals surface area contributed by atoms with Gasteiger partial charge in [-0.25, -0.2) is 0 Å². The normalized spacial score (nSPS) is 10.4. The minimum absolute atomic E-state index is 0.228. The van der Waals surface area contributed by atoms with Crippen molar-refractivity contribution in [2.75, 3.05) is 11.1 Å². The first kappa shape index (κ1) is 15.6. The zero-order valence-corrected chi connectivity index (χ0v) is 15.0. The van der Waals surface area contributed by atoms with Gasteiger partial charge in [-0.1, -0.05) is 27.5 Å². The summed E-state index contributed by atoms with van der Waals surface area (Å²) in [6, 6.07) is 8.85. The smallest absolute Gasteiger partial charge is 0.256 e. The molecule has 0 saturated carbocycles. The fourth-order valence-electron chi connectivity index (χ4n) is 1.79. The number of nitrogen functional groups attached to an aromatic ring is 1. The summed E-state index contributed by atoms with van der Waals surface area (Å²) in [4.78, 5) is 12.3. The first-order valence-electron chi connectivity index (χ1n) is 5.70. The first-order valence-corrected chi connectivity index (χ1v) is 7.95. The summed E-state index contributed by atoms with van der Waals surface area (Å²) in [7, 11) is 0. The fraction of sp³-hybridized carbons (Fsp3) is 0.0714. The highest BCUT2D eigenvalue weighted by Gasteiger charge is 2.14. The van der Waals surface area contributed by atoms with Crippen molar-refractivity contribution in [2.24, 2.45) is 0 Å². The predicted molar refractivity (Wildman–Crippen MR) is 95.4 cm³/mol. The number of amides is 1. The molecule has 0 radical (unpaired) electrons. The molecule has 3 nitrogen and oxygen atoms in total. The Hall–Kier alpha value is -0.790. The van der Waals surface area contributed by atoms with E-state index in [1.54, 1.807) is 24.3 Å². The number of carbonyl (C=O) groups excluding carboxylic acids is 1. The highest BCUT2D eigenvalue weighted by atomic mass is 127. The van der Waals surface area contributed by atoms with Crippen LogP contribution >= 0.6 is 50.1 Å². The zero-order chi connectivity index (χ0) is 14.9. The molecule has 0 heterocycles. The maximum Gasteiger partial charge on any atom is 0.256 e.